The Labute approximate surface area is 181 Å². The average molecular weight is 421 g/mol. The molecule has 31 heavy (non-hydrogen) atoms. The molecule has 2 heterocycles. The van der Waals surface area contributed by atoms with E-state index in [9.17, 15) is 4.79 Å². The van der Waals surface area contributed by atoms with Gasteiger partial charge in [-0.05, 0) is 62.7 Å². The number of fused-ring (bicyclic) bond motifs is 1. The molecule has 0 fully saturated rings. The molecule has 0 spiro atoms. The van der Waals surface area contributed by atoms with Crippen LogP contribution < -0.4 is 19.7 Å². The largest absolute Gasteiger partial charge is 0.486 e. The van der Waals surface area contributed by atoms with Gasteiger partial charge in [0.2, 0.25) is 5.91 Å². The number of benzene rings is 2. The zero-order valence-electron chi connectivity index (χ0n) is 18.1. The van der Waals surface area contributed by atoms with Crippen molar-refractivity contribution >= 4 is 17.3 Å². The molecule has 7 nitrogen and oxygen atoms in total. The summed E-state index contributed by atoms with van der Waals surface area (Å²) in [7, 11) is 0. The molecular formula is C24H27N3O4. The van der Waals surface area contributed by atoms with E-state index in [4.69, 9.17) is 14.0 Å². The third-order valence-electron chi connectivity index (χ3n) is 5.34. The van der Waals surface area contributed by atoms with Crippen LogP contribution in [0.25, 0.3) is 11.3 Å². The lowest BCUT2D eigenvalue weighted by atomic mass is 10.1. The second-order valence-electron chi connectivity index (χ2n) is 7.44. The SMILES string of the molecule is CCN(CC)c1ccc(NC(=O)Cc2cc(-c3ccc4c(c3)OCCO4)on2)c(C)c1. The molecule has 4 rings (SSSR count). The number of anilines is 2. The summed E-state index contributed by atoms with van der Waals surface area (Å²) in [6, 6.07) is 13.5. The Morgan fingerprint density at radius 2 is 1.81 bits per heavy atom. The molecule has 1 amide bonds. The minimum absolute atomic E-state index is 0.130. The van der Waals surface area contributed by atoms with Crippen LogP contribution >= 0.6 is 0 Å². The van der Waals surface area contributed by atoms with Gasteiger partial charge < -0.3 is 24.2 Å². The highest BCUT2D eigenvalue weighted by Gasteiger charge is 2.16. The molecule has 3 aromatic rings. The zero-order valence-corrected chi connectivity index (χ0v) is 18.1. The van der Waals surface area contributed by atoms with Crippen LogP contribution in [-0.4, -0.2) is 37.4 Å². The van der Waals surface area contributed by atoms with E-state index in [-0.39, 0.29) is 12.3 Å². The van der Waals surface area contributed by atoms with Gasteiger partial charge in [0.25, 0.3) is 0 Å². The number of amides is 1. The summed E-state index contributed by atoms with van der Waals surface area (Å²) in [6.45, 7) is 9.22. The highest BCUT2D eigenvalue weighted by Crippen LogP contribution is 2.34. The van der Waals surface area contributed by atoms with Crippen molar-refractivity contribution in [3.05, 3.63) is 53.7 Å². The smallest absolute Gasteiger partial charge is 0.230 e. The fourth-order valence-corrected chi connectivity index (χ4v) is 3.66. The second kappa shape index (κ2) is 9.12. The Kier molecular flexibility index (Phi) is 6.11. The lowest BCUT2D eigenvalue weighted by Crippen LogP contribution is -2.22. The third kappa shape index (κ3) is 4.66. The van der Waals surface area contributed by atoms with Crippen LogP contribution in [-0.2, 0) is 11.2 Å². The summed E-state index contributed by atoms with van der Waals surface area (Å²) in [4.78, 5) is 14.8. The number of carbonyl (C=O) groups excluding carboxylic acids is 1. The van der Waals surface area contributed by atoms with Gasteiger partial charge in [-0.2, -0.15) is 0 Å². The van der Waals surface area contributed by atoms with Gasteiger partial charge in [0.05, 0.1) is 12.1 Å². The highest BCUT2D eigenvalue weighted by atomic mass is 16.6. The Hall–Kier alpha value is -3.48. The van der Waals surface area contributed by atoms with Crippen LogP contribution in [0.5, 0.6) is 11.5 Å². The van der Waals surface area contributed by atoms with Crippen molar-refractivity contribution in [3.63, 3.8) is 0 Å². The van der Waals surface area contributed by atoms with Crippen molar-refractivity contribution < 1.29 is 18.8 Å². The van der Waals surface area contributed by atoms with Crippen molar-refractivity contribution in [1.82, 2.24) is 5.16 Å². The van der Waals surface area contributed by atoms with Crippen LogP contribution in [0, 0.1) is 6.92 Å². The number of hydrogen-bond donors (Lipinski definition) is 1. The third-order valence-corrected chi connectivity index (χ3v) is 5.34. The number of nitrogens with zero attached hydrogens (tertiary/aromatic N) is 2. The summed E-state index contributed by atoms with van der Waals surface area (Å²) >= 11 is 0. The van der Waals surface area contributed by atoms with Crippen LogP contribution in [0.1, 0.15) is 25.1 Å². The maximum Gasteiger partial charge on any atom is 0.230 e. The molecule has 0 aliphatic carbocycles. The molecule has 0 saturated heterocycles. The molecular weight excluding hydrogens is 394 g/mol. The van der Waals surface area contributed by atoms with Crippen LogP contribution in [0.3, 0.4) is 0 Å². The molecule has 0 atom stereocenters. The van der Waals surface area contributed by atoms with E-state index in [1.54, 1.807) is 6.07 Å². The number of ether oxygens (including phenoxy) is 2. The lowest BCUT2D eigenvalue weighted by molar-refractivity contribution is -0.115. The van der Waals surface area contributed by atoms with E-state index in [2.05, 4.69) is 35.3 Å². The monoisotopic (exact) mass is 421 g/mol. The molecule has 0 radical (unpaired) electrons. The fraction of sp³-hybridized carbons (Fsp3) is 0.333. The second-order valence-corrected chi connectivity index (χ2v) is 7.44. The van der Waals surface area contributed by atoms with Gasteiger partial charge in [0.1, 0.15) is 13.2 Å². The first-order valence-corrected chi connectivity index (χ1v) is 10.6. The molecule has 1 aromatic heterocycles. The normalized spacial score (nSPS) is 12.5. The topological polar surface area (TPSA) is 76.8 Å². The molecule has 0 unspecified atom stereocenters. The van der Waals surface area contributed by atoms with E-state index in [1.165, 1.54) is 0 Å². The van der Waals surface area contributed by atoms with E-state index >= 15 is 0 Å². The van der Waals surface area contributed by atoms with Gasteiger partial charge >= 0.3 is 0 Å². The Balaban J connectivity index is 1.41. The maximum absolute atomic E-state index is 12.6. The Morgan fingerprint density at radius 1 is 1.03 bits per heavy atom. The molecule has 1 aliphatic heterocycles. The number of aryl methyl sites for hydroxylation is 1. The predicted octanol–water partition coefficient (Wildman–Crippen LogP) is 4.45. The first-order chi connectivity index (χ1) is 15.1. The van der Waals surface area contributed by atoms with Gasteiger partial charge in [-0.1, -0.05) is 5.16 Å². The minimum atomic E-state index is -0.138. The molecule has 162 valence electrons. The molecule has 1 N–H and O–H groups in total. The van der Waals surface area contributed by atoms with Crippen molar-refractivity contribution in [3.8, 4) is 22.8 Å². The highest BCUT2D eigenvalue weighted by molar-refractivity contribution is 5.93. The first-order valence-electron chi connectivity index (χ1n) is 10.6. The summed E-state index contributed by atoms with van der Waals surface area (Å²) in [5.74, 6) is 1.85. The lowest BCUT2D eigenvalue weighted by Gasteiger charge is -2.22. The molecule has 2 aromatic carbocycles. The summed E-state index contributed by atoms with van der Waals surface area (Å²) in [5, 5.41) is 7.03. The summed E-state index contributed by atoms with van der Waals surface area (Å²) in [6.07, 6.45) is 0.130. The number of aromatic nitrogens is 1. The zero-order chi connectivity index (χ0) is 21.8. The van der Waals surface area contributed by atoms with Gasteiger partial charge in [-0.25, -0.2) is 0 Å². The number of rotatable bonds is 7. The number of carbonyl (C=O) groups is 1. The van der Waals surface area contributed by atoms with Crippen molar-refractivity contribution in [2.75, 3.05) is 36.5 Å². The van der Waals surface area contributed by atoms with E-state index < -0.39 is 0 Å². The molecule has 0 saturated carbocycles. The predicted molar refractivity (Wildman–Crippen MR) is 120 cm³/mol. The van der Waals surface area contributed by atoms with Gasteiger partial charge in [-0.15, -0.1) is 0 Å². The van der Waals surface area contributed by atoms with Gasteiger partial charge in [0.15, 0.2) is 17.3 Å². The van der Waals surface area contributed by atoms with Crippen molar-refractivity contribution in [2.45, 2.75) is 27.2 Å². The number of hydrogen-bond acceptors (Lipinski definition) is 6. The van der Waals surface area contributed by atoms with Crippen molar-refractivity contribution in [1.29, 1.82) is 0 Å². The molecule has 0 bridgehead atoms. The quantitative estimate of drug-likeness (QED) is 0.607. The fourth-order valence-electron chi connectivity index (χ4n) is 3.66. The van der Waals surface area contributed by atoms with Gasteiger partial charge in [-0.3, -0.25) is 4.79 Å². The minimum Gasteiger partial charge on any atom is -0.486 e. The van der Waals surface area contributed by atoms with Crippen LogP contribution in [0.2, 0.25) is 0 Å². The van der Waals surface area contributed by atoms with Crippen molar-refractivity contribution in [2.24, 2.45) is 0 Å². The summed E-state index contributed by atoms with van der Waals surface area (Å²) < 4.78 is 16.6. The molecule has 7 heteroatoms. The average Bonchev–Trinajstić information content (AvgIpc) is 3.24. The van der Waals surface area contributed by atoms with E-state index in [0.29, 0.717) is 30.4 Å². The van der Waals surface area contributed by atoms with E-state index in [0.717, 1.165) is 41.3 Å². The van der Waals surface area contributed by atoms with E-state index in [1.807, 2.05) is 37.3 Å². The van der Waals surface area contributed by atoms with Crippen LogP contribution in [0.15, 0.2) is 47.0 Å². The first kappa shape index (κ1) is 20.8. The van der Waals surface area contributed by atoms with Gasteiger partial charge in [0, 0.05) is 36.1 Å². The summed E-state index contributed by atoms with van der Waals surface area (Å²) in [5.41, 5.74) is 4.37. The molecule has 1 aliphatic rings. The Morgan fingerprint density at radius 3 is 2.55 bits per heavy atom. The maximum atomic E-state index is 12.6. The Bertz CT molecular complexity index is 1070. The standard InChI is InChI=1S/C24H27N3O4/c1-4-27(5-2)19-7-8-20(16(3)12-19)25-24(28)15-18-14-22(31-26-18)17-6-9-21-23(13-17)30-11-10-29-21/h6-9,12-14H,4-5,10-11,15H2,1-3H3,(H,25,28). The van der Waals surface area contributed by atoms with Crippen LogP contribution in [0.4, 0.5) is 11.4 Å². The number of nitrogens with one attached hydrogen (secondary N) is 1.